The molecule has 5 heteroatoms. The van der Waals surface area contributed by atoms with Crippen LogP contribution < -0.4 is 5.32 Å². The van der Waals surface area contributed by atoms with Gasteiger partial charge in [0.25, 0.3) is 0 Å². The van der Waals surface area contributed by atoms with Gasteiger partial charge in [0.2, 0.25) is 0 Å². The average Bonchev–Trinajstić information content (AvgIpc) is 2.68. The Morgan fingerprint density at radius 3 is 2.64 bits per heavy atom. The summed E-state index contributed by atoms with van der Waals surface area (Å²) in [6.45, 7) is 3.76. The zero-order valence-corrected chi connectivity index (χ0v) is 15.5. The van der Waals surface area contributed by atoms with Crippen molar-refractivity contribution in [2.45, 2.75) is 37.0 Å². The van der Waals surface area contributed by atoms with E-state index in [-0.39, 0.29) is 6.03 Å². The number of anilines is 1. The van der Waals surface area contributed by atoms with Gasteiger partial charge in [0, 0.05) is 30.4 Å². The highest BCUT2D eigenvalue weighted by atomic mass is 32.2. The molecule has 3 rings (SSSR count). The largest absolute Gasteiger partial charge is 0.324 e. The molecule has 1 N–H and O–H groups in total. The van der Waals surface area contributed by atoms with Gasteiger partial charge < -0.3 is 10.2 Å². The van der Waals surface area contributed by atoms with Crippen molar-refractivity contribution in [3.05, 3.63) is 54.4 Å². The number of piperidine rings is 1. The molecule has 4 nitrogen and oxygen atoms in total. The smallest absolute Gasteiger partial charge is 0.321 e. The standard InChI is InChI=1S/C20H25N3OS/c1-2-15-25-19-6-4-3-5-18(19)22-20(24)23-13-9-17(10-14-23)16-7-11-21-12-8-16/h3-8,11-12,17H,2,9-10,13-15H2,1H3,(H,22,24). The molecule has 0 saturated carbocycles. The number of hydrogen-bond donors (Lipinski definition) is 1. The normalized spacial score (nSPS) is 15.2. The fraction of sp³-hybridized carbons (Fsp3) is 0.400. The van der Waals surface area contributed by atoms with E-state index in [1.54, 1.807) is 11.8 Å². The second kappa shape index (κ2) is 8.90. The van der Waals surface area contributed by atoms with Crippen LogP contribution in [0.15, 0.2) is 53.7 Å². The number of rotatable bonds is 5. The van der Waals surface area contributed by atoms with Crippen molar-refractivity contribution in [1.82, 2.24) is 9.88 Å². The maximum absolute atomic E-state index is 12.6. The van der Waals surface area contributed by atoms with Crippen LogP contribution in [-0.2, 0) is 0 Å². The van der Waals surface area contributed by atoms with Crippen LogP contribution in [0.1, 0.15) is 37.7 Å². The van der Waals surface area contributed by atoms with Crippen molar-refractivity contribution in [3.8, 4) is 0 Å². The van der Waals surface area contributed by atoms with Gasteiger partial charge in [-0.1, -0.05) is 19.1 Å². The van der Waals surface area contributed by atoms with Gasteiger partial charge >= 0.3 is 6.03 Å². The number of pyridine rings is 1. The minimum atomic E-state index is 0.0118. The van der Waals surface area contributed by atoms with E-state index in [0.29, 0.717) is 5.92 Å². The van der Waals surface area contributed by atoms with Crippen molar-refractivity contribution in [3.63, 3.8) is 0 Å². The Bertz CT molecular complexity index is 684. The average molecular weight is 356 g/mol. The van der Waals surface area contributed by atoms with Gasteiger partial charge in [0.15, 0.2) is 0 Å². The van der Waals surface area contributed by atoms with Gasteiger partial charge in [0.05, 0.1) is 5.69 Å². The molecule has 1 aromatic carbocycles. The fourth-order valence-electron chi connectivity index (χ4n) is 3.15. The van der Waals surface area contributed by atoms with Gasteiger partial charge in [-0.25, -0.2) is 4.79 Å². The molecule has 1 aliphatic heterocycles. The first kappa shape index (κ1) is 17.8. The minimum Gasteiger partial charge on any atom is -0.324 e. The van der Waals surface area contributed by atoms with Crippen LogP contribution >= 0.6 is 11.8 Å². The number of para-hydroxylation sites is 1. The van der Waals surface area contributed by atoms with Crippen LogP contribution in [-0.4, -0.2) is 34.8 Å². The Balaban J connectivity index is 1.57. The Labute approximate surface area is 154 Å². The first-order valence-electron chi connectivity index (χ1n) is 8.95. The molecule has 0 spiro atoms. The zero-order valence-electron chi connectivity index (χ0n) is 14.6. The van der Waals surface area contributed by atoms with Crippen molar-refractivity contribution in [1.29, 1.82) is 0 Å². The molecule has 1 aromatic heterocycles. The number of likely N-dealkylation sites (tertiary alicyclic amines) is 1. The van der Waals surface area contributed by atoms with E-state index in [1.165, 1.54) is 5.56 Å². The third-order valence-corrected chi connectivity index (χ3v) is 5.83. The molecule has 2 aromatic rings. The molecule has 1 aliphatic rings. The number of amides is 2. The topological polar surface area (TPSA) is 45.2 Å². The van der Waals surface area contributed by atoms with E-state index < -0.39 is 0 Å². The quantitative estimate of drug-likeness (QED) is 0.768. The molecule has 1 fully saturated rings. The van der Waals surface area contributed by atoms with E-state index in [4.69, 9.17) is 0 Å². The van der Waals surface area contributed by atoms with E-state index in [9.17, 15) is 4.79 Å². The summed E-state index contributed by atoms with van der Waals surface area (Å²) in [5.41, 5.74) is 2.25. The Morgan fingerprint density at radius 1 is 1.20 bits per heavy atom. The molecule has 0 bridgehead atoms. The lowest BCUT2D eigenvalue weighted by atomic mass is 9.90. The van der Waals surface area contributed by atoms with Crippen LogP contribution in [0.4, 0.5) is 10.5 Å². The van der Waals surface area contributed by atoms with E-state index in [1.807, 2.05) is 35.5 Å². The fourth-order valence-corrected chi connectivity index (χ4v) is 4.03. The molecule has 0 aliphatic carbocycles. The number of urea groups is 1. The van der Waals surface area contributed by atoms with Crippen LogP contribution in [0.3, 0.4) is 0 Å². The summed E-state index contributed by atoms with van der Waals surface area (Å²) in [5, 5.41) is 3.10. The van der Waals surface area contributed by atoms with E-state index >= 15 is 0 Å². The number of nitrogens with one attached hydrogen (secondary N) is 1. The Morgan fingerprint density at radius 2 is 1.92 bits per heavy atom. The van der Waals surface area contributed by atoms with Crippen molar-refractivity contribution in [2.75, 3.05) is 24.2 Å². The number of carbonyl (C=O) groups excluding carboxylic acids is 1. The van der Waals surface area contributed by atoms with Crippen LogP contribution in [0.25, 0.3) is 0 Å². The lowest BCUT2D eigenvalue weighted by molar-refractivity contribution is 0.194. The molecule has 1 saturated heterocycles. The van der Waals surface area contributed by atoms with Gasteiger partial charge in [-0.3, -0.25) is 4.98 Å². The lowest BCUT2D eigenvalue weighted by Crippen LogP contribution is -2.40. The number of aromatic nitrogens is 1. The molecule has 132 valence electrons. The first-order valence-corrected chi connectivity index (χ1v) is 9.94. The Hall–Kier alpha value is -2.01. The maximum Gasteiger partial charge on any atom is 0.321 e. The molecule has 25 heavy (non-hydrogen) atoms. The Kier molecular flexibility index (Phi) is 6.34. The van der Waals surface area contributed by atoms with Crippen LogP contribution in [0, 0.1) is 0 Å². The van der Waals surface area contributed by atoms with Gasteiger partial charge in [-0.2, -0.15) is 0 Å². The SMILES string of the molecule is CCCSc1ccccc1NC(=O)N1CCC(c2ccncc2)CC1. The van der Waals surface area contributed by atoms with Gasteiger partial charge in [-0.05, 0) is 60.8 Å². The summed E-state index contributed by atoms with van der Waals surface area (Å²) in [4.78, 5) is 19.8. The predicted molar refractivity (Wildman–Crippen MR) is 104 cm³/mol. The summed E-state index contributed by atoms with van der Waals surface area (Å²) in [6.07, 6.45) is 6.82. The van der Waals surface area contributed by atoms with Crippen molar-refractivity contribution < 1.29 is 4.79 Å². The van der Waals surface area contributed by atoms with Crippen LogP contribution in [0.2, 0.25) is 0 Å². The highest BCUT2D eigenvalue weighted by Crippen LogP contribution is 2.30. The number of thioether (sulfide) groups is 1. The highest BCUT2D eigenvalue weighted by Gasteiger charge is 2.24. The minimum absolute atomic E-state index is 0.0118. The highest BCUT2D eigenvalue weighted by molar-refractivity contribution is 7.99. The van der Waals surface area contributed by atoms with Crippen LogP contribution in [0.5, 0.6) is 0 Å². The zero-order chi connectivity index (χ0) is 17.5. The predicted octanol–water partition coefficient (Wildman–Crippen LogP) is 5.00. The lowest BCUT2D eigenvalue weighted by Gasteiger charge is -2.32. The van der Waals surface area contributed by atoms with E-state index in [0.717, 1.165) is 48.7 Å². The summed E-state index contributed by atoms with van der Waals surface area (Å²) in [5.74, 6) is 1.59. The summed E-state index contributed by atoms with van der Waals surface area (Å²) in [6, 6.07) is 12.2. The van der Waals surface area contributed by atoms with Crippen molar-refractivity contribution >= 4 is 23.5 Å². The number of carbonyl (C=O) groups is 1. The van der Waals surface area contributed by atoms with E-state index in [2.05, 4.69) is 35.4 Å². The molecule has 0 unspecified atom stereocenters. The third kappa shape index (κ3) is 4.75. The summed E-state index contributed by atoms with van der Waals surface area (Å²) < 4.78 is 0. The summed E-state index contributed by atoms with van der Waals surface area (Å²) in [7, 11) is 0. The first-order chi connectivity index (χ1) is 12.3. The molecule has 0 atom stereocenters. The van der Waals surface area contributed by atoms with Crippen molar-refractivity contribution in [2.24, 2.45) is 0 Å². The molecular formula is C20H25N3OS. The van der Waals surface area contributed by atoms with Gasteiger partial charge in [0.1, 0.15) is 0 Å². The second-order valence-electron chi connectivity index (χ2n) is 6.32. The third-order valence-electron chi connectivity index (χ3n) is 4.55. The molecule has 0 radical (unpaired) electrons. The summed E-state index contributed by atoms with van der Waals surface area (Å²) >= 11 is 1.79. The monoisotopic (exact) mass is 355 g/mol. The maximum atomic E-state index is 12.6. The number of nitrogens with zero attached hydrogens (tertiary/aromatic N) is 2. The molecular weight excluding hydrogens is 330 g/mol. The number of benzene rings is 1. The second-order valence-corrected chi connectivity index (χ2v) is 7.45. The number of hydrogen-bond acceptors (Lipinski definition) is 3. The van der Waals surface area contributed by atoms with Gasteiger partial charge in [-0.15, -0.1) is 11.8 Å². The molecule has 2 amide bonds. The molecule has 2 heterocycles.